The van der Waals surface area contributed by atoms with Crippen LogP contribution in [0.15, 0.2) is 0 Å². The highest BCUT2D eigenvalue weighted by molar-refractivity contribution is 7.47. The van der Waals surface area contributed by atoms with Gasteiger partial charge in [-0.25, -0.2) is 9.13 Å². The number of aliphatic hydroxyl groups is 1. The normalized spacial score (nSPS) is 14.1. The number of hydrogen-bond acceptors (Lipinski definition) is 15. The Morgan fingerprint density at radius 1 is 0.284 bits per heavy atom. The molecule has 0 heterocycles. The quantitative estimate of drug-likeness (QED) is 0.0222. The number of esters is 4. The Hall–Kier alpha value is -1.94. The van der Waals surface area contributed by atoms with E-state index in [-0.39, 0.29) is 25.7 Å². The Bertz CT molecular complexity index is 1960. The van der Waals surface area contributed by atoms with Crippen LogP contribution in [0.3, 0.4) is 0 Å². The van der Waals surface area contributed by atoms with Crippen LogP contribution in [0.1, 0.15) is 440 Å². The van der Waals surface area contributed by atoms with E-state index in [0.717, 1.165) is 102 Å². The Kier molecular flexibility index (Phi) is 73.1. The zero-order valence-corrected chi connectivity index (χ0v) is 68.7. The number of carbonyl (C=O) groups is 4. The summed E-state index contributed by atoms with van der Waals surface area (Å²) in [4.78, 5) is 73.1. The van der Waals surface area contributed by atoms with Crippen molar-refractivity contribution in [2.24, 2.45) is 11.8 Å². The maximum atomic E-state index is 13.1. The van der Waals surface area contributed by atoms with Crippen molar-refractivity contribution in [2.75, 3.05) is 39.6 Å². The first-order chi connectivity index (χ1) is 49.4. The van der Waals surface area contributed by atoms with Gasteiger partial charge in [0.05, 0.1) is 26.4 Å². The van der Waals surface area contributed by atoms with Crippen molar-refractivity contribution < 1.29 is 80.2 Å². The third-order valence-corrected chi connectivity index (χ3v) is 21.7. The van der Waals surface area contributed by atoms with Gasteiger partial charge < -0.3 is 33.8 Å². The van der Waals surface area contributed by atoms with Crippen molar-refractivity contribution >= 4 is 39.5 Å². The average Bonchev–Trinajstić information content (AvgIpc) is 1.13. The summed E-state index contributed by atoms with van der Waals surface area (Å²) in [6, 6.07) is 0. The lowest BCUT2D eigenvalue weighted by atomic mass is 9.99. The molecular weight excluding hydrogens is 1330 g/mol. The maximum Gasteiger partial charge on any atom is 0.472 e. The minimum atomic E-state index is -4.96. The van der Waals surface area contributed by atoms with Crippen LogP contribution < -0.4 is 0 Å². The summed E-state index contributed by atoms with van der Waals surface area (Å²) in [6.07, 6.45) is 65.4. The molecule has 0 aromatic carbocycles. The van der Waals surface area contributed by atoms with Gasteiger partial charge in [0, 0.05) is 25.7 Å². The first kappa shape index (κ1) is 100. The largest absolute Gasteiger partial charge is 0.472 e. The van der Waals surface area contributed by atoms with E-state index in [1.54, 1.807) is 0 Å². The van der Waals surface area contributed by atoms with Gasteiger partial charge in [-0.15, -0.1) is 0 Å². The highest BCUT2D eigenvalue weighted by Crippen LogP contribution is 2.45. The standard InChI is InChI=1S/C83H162O17P2/c1-7-10-12-14-16-18-20-22-24-26-27-28-29-30-31-33-35-37-42-48-55-61-67-82(87)99-78(71-93-80(85)65-59-53-47-41-36-34-32-25-23-21-19-17-15-13-11-8-2)73-97-101(89,90)95-69-77(84)70-96-102(91,92)98-74-79(72-94-81(86)66-60-54-50-44-45-51-57-63-75(4)5)100-83(88)68-62-56-49-43-39-38-40-46-52-58-64-76(6)9-3/h75-79,84H,7-74H2,1-6H3,(H,89,90)(H,91,92)/t76?,77-,78-,79-/m1/s1. The molecule has 0 rings (SSSR count). The predicted molar refractivity (Wildman–Crippen MR) is 418 cm³/mol. The van der Waals surface area contributed by atoms with Gasteiger partial charge in [-0.2, -0.15) is 0 Å². The lowest BCUT2D eigenvalue weighted by molar-refractivity contribution is -0.161. The number of phosphoric ester groups is 2. The lowest BCUT2D eigenvalue weighted by Crippen LogP contribution is -2.30. The molecule has 6 atom stereocenters. The van der Waals surface area contributed by atoms with E-state index in [0.29, 0.717) is 31.6 Å². The molecule has 606 valence electrons. The number of rotatable bonds is 82. The summed E-state index contributed by atoms with van der Waals surface area (Å²) in [5.41, 5.74) is 0. The smallest absolute Gasteiger partial charge is 0.462 e. The third-order valence-electron chi connectivity index (χ3n) is 19.8. The molecule has 0 aliphatic rings. The monoisotopic (exact) mass is 1490 g/mol. The van der Waals surface area contributed by atoms with E-state index in [2.05, 4.69) is 41.5 Å². The molecule has 17 nitrogen and oxygen atoms in total. The molecule has 0 aliphatic heterocycles. The molecule has 102 heavy (non-hydrogen) atoms. The van der Waals surface area contributed by atoms with Crippen molar-refractivity contribution in [2.45, 2.75) is 458 Å². The van der Waals surface area contributed by atoms with E-state index >= 15 is 0 Å². The van der Waals surface area contributed by atoms with Gasteiger partial charge in [0.1, 0.15) is 19.3 Å². The summed E-state index contributed by atoms with van der Waals surface area (Å²) in [5.74, 6) is -0.600. The van der Waals surface area contributed by atoms with Crippen LogP contribution in [0.4, 0.5) is 0 Å². The van der Waals surface area contributed by atoms with Gasteiger partial charge in [-0.1, -0.05) is 388 Å². The topological polar surface area (TPSA) is 237 Å². The van der Waals surface area contributed by atoms with Gasteiger partial charge in [0.2, 0.25) is 0 Å². The first-order valence-corrected chi connectivity index (χ1v) is 46.0. The molecule has 0 aromatic rings. The van der Waals surface area contributed by atoms with Crippen molar-refractivity contribution in [1.82, 2.24) is 0 Å². The van der Waals surface area contributed by atoms with Crippen LogP contribution >= 0.6 is 15.6 Å². The number of ether oxygens (including phenoxy) is 4. The summed E-state index contributed by atoms with van der Waals surface area (Å²) >= 11 is 0. The first-order valence-electron chi connectivity index (χ1n) is 43.0. The molecule has 0 radical (unpaired) electrons. The summed E-state index contributed by atoms with van der Waals surface area (Å²) in [5, 5.41) is 10.7. The van der Waals surface area contributed by atoms with Crippen molar-refractivity contribution in [1.29, 1.82) is 0 Å². The molecule has 0 saturated heterocycles. The van der Waals surface area contributed by atoms with Gasteiger partial charge >= 0.3 is 39.5 Å². The van der Waals surface area contributed by atoms with Gasteiger partial charge in [0.15, 0.2) is 12.2 Å². The number of unbranched alkanes of at least 4 members (excludes halogenated alkanes) is 51. The maximum absolute atomic E-state index is 13.1. The fraction of sp³-hybridized carbons (Fsp3) is 0.952. The second-order valence-corrected chi connectivity index (χ2v) is 33.5. The zero-order valence-electron chi connectivity index (χ0n) is 66.9. The van der Waals surface area contributed by atoms with Crippen molar-refractivity contribution in [3.8, 4) is 0 Å². The average molecular weight is 1490 g/mol. The molecule has 0 aliphatic carbocycles. The molecule has 0 amide bonds. The van der Waals surface area contributed by atoms with Crippen LogP contribution in [-0.4, -0.2) is 96.7 Å². The number of hydrogen-bond donors (Lipinski definition) is 3. The van der Waals surface area contributed by atoms with Crippen molar-refractivity contribution in [3.05, 3.63) is 0 Å². The minimum Gasteiger partial charge on any atom is -0.462 e. The Morgan fingerprint density at radius 2 is 0.500 bits per heavy atom. The Labute approximate surface area is 626 Å². The number of carbonyl (C=O) groups excluding carboxylic acids is 4. The second kappa shape index (κ2) is 74.5. The Morgan fingerprint density at radius 3 is 0.745 bits per heavy atom. The summed E-state index contributed by atoms with van der Waals surface area (Å²) < 4.78 is 68.8. The van der Waals surface area contributed by atoms with Gasteiger partial charge in [0.25, 0.3) is 0 Å². The highest BCUT2D eigenvalue weighted by Gasteiger charge is 2.30. The van der Waals surface area contributed by atoms with Gasteiger partial charge in [-0.05, 0) is 37.5 Å². The predicted octanol–water partition coefficient (Wildman–Crippen LogP) is 25.1. The van der Waals surface area contributed by atoms with Crippen molar-refractivity contribution in [3.63, 3.8) is 0 Å². The van der Waals surface area contributed by atoms with Crippen LogP contribution in [0.2, 0.25) is 0 Å². The summed E-state index contributed by atoms with van der Waals surface area (Å²) in [6.45, 7) is 9.61. The molecule has 0 fully saturated rings. The highest BCUT2D eigenvalue weighted by atomic mass is 31.2. The van der Waals surface area contributed by atoms with E-state index in [4.69, 9.17) is 37.0 Å². The van der Waals surface area contributed by atoms with E-state index in [1.807, 2.05) is 0 Å². The Balaban J connectivity index is 5.22. The molecule has 0 aromatic heterocycles. The zero-order chi connectivity index (χ0) is 74.9. The van der Waals surface area contributed by atoms with Crippen LogP contribution in [0, 0.1) is 11.8 Å². The number of phosphoric acid groups is 2. The fourth-order valence-corrected chi connectivity index (χ4v) is 14.4. The van der Waals surface area contributed by atoms with Gasteiger partial charge in [-0.3, -0.25) is 37.3 Å². The van der Waals surface area contributed by atoms with Crippen LogP contribution in [0.5, 0.6) is 0 Å². The van der Waals surface area contributed by atoms with Crippen LogP contribution in [-0.2, 0) is 65.4 Å². The molecule has 0 saturated carbocycles. The molecule has 0 bridgehead atoms. The summed E-state index contributed by atoms with van der Waals surface area (Å²) in [7, 11) is -9.92. The minimum absolute atomic E-state index is 0.106. The SMILES string of the molecule is CCCCCCCCCCCCCCCCCCCCCCCCC(=O)O[C@H](COC(=O)CCCCCCCCCCCCCCCCCC)COP(=O)(O)OC[C@@H](O)COP(=O)(O)OC[C@@H](COC(=O)CCCCCCCCCC(C)C)OC(=O)CCCCCCCCCCCCC(C)CC. The third kappa shape index (κ3) is 74.9. The van der Waals surface area contributed by atoms with E-state index in [9.17, 15) is 43.2 Å². The molecular formula is C83H162O17P2. The second-order valence-electron chi connectivity index (χ2n) is 30.6. The molecule has 3 unspecified atom stereocenters. The fourth-order valence-electron chi connectivity index (χ4n) is 12.9. The number of aliphatic hydroxyl groups excluding tert-OH is 1. The van der Waals surface area contributed by atoms with E-state index < -0.39 is 97.5 Å². The molecule has 19 heteroatoms. The molecule has 0 spiro atoms. The van der Waals surface area contributed by atoms with E-state index in [1.165, 1.54) is 250 Å². The van der Waals surface area contributed by atoms with Crippen LogP contribution in [0.25, 0.3) is 0 Å². The molecule has 3 N–H and O–H groups in total. The lowest BCUT2D eigenvalue weighted by Gasteiger charge is -2.21.